The number of alkyl halides is 2. The molecule has 1 aliphatic heterocycles. The van der Waals surface area contributed by atoms with Crippen molar-refractivity contribution in [2.24, 2.45) is 0 Å². The van der Waals surface area contributed by atoms with Crippen LogP contribution >= 0.6 is 0 Å². The second-order valence-electron chi connectivity index (χ2n) is 5.51. The first-order chi connectivity index (χ1) is 12.9. The highest BCUT2D eigenvalue weighted by molar-refractivity contribution is 7.92. The van der Waals surface area contributed by atoms with E-state index in [9.17, 15) is 17.2 Å². The molecular weight excluding hydrogens is 384 g/mol. The normalized spacial score (nSPS) is 13.8. The number of halogens is 2. The summed E-state index contributed by atoms with van der Waals surface area (Å²) < 4.78 is 72.9. The minimum Gasteiger partial charge on any atom is -0.493 e. The van der Waals surface area contributed by atoms with Crippen molar-refractivity contribution >= 4 is 15.7 Å². The molecule has 1 aliphatic rings. The summed E-state index contributed by atoms with van der Waals surface area (Å²) in [6.07, 6.45) is 0.688. The Morgan fingerprint density at radius 1 is 1.04 bits per heavy atom. The van der Waals surface area contributed by atoms with Crippen LogP contribution in [-0.4, -0.2) is 35.4 Å². The maximum Gasteiger partial charge on any atom is 0.387 e. The van der Waals surface area contributed by atoms with Crippen LogP contribution in [0.1, 0.15) is 6.42 Å². The first-order valence-corrected chi connectivity index (χ1v) is 9.43. The summed E-state index contributed by atoms with van der Waals surface area (Å²) in [6, 6.07) is 8.04. The van der Waals surface area contributed by atoms with Gasteiger partial charge < -0.3 is 18.9 Å². The van der Waals surface area contributed by atoms with E-state index < -0.39 is 16.6 Å². The zero-order valence-electron chi connectivity index (χ0n) is 14.3. The van der Waals surface area contributed by atoms with Crippen LogP contribution in [0.4, 0.5) is 14.5 Å². The van der Waals surface area contributed by atoms with Crippen LogP contribution in [0, 0.1) is 0 Å². The lowest BCUT2D eigenvalue weighted by Crippen LogP contribution is -2.13. The lowest BCUT2D eigenvalue weighted by molar-refractivity contribution is -0.0511. The van der Waals surface area contributed by atoms with Gasteiger partial charge in [0, 0.05) is 18.6 Å². The molecule has 0 aromatic heterocycles. The van der Waals surface area contributed by atoms with Crippen molar-refractivity contribution in [3.63, 3.8) is 0 Å². The number of ether oxygens (including phenoxy) is 4. The van der Waals surface area contributed by atoms with E-state index in [0.29, 0.717) is 31.1 Å². The highest BCUT2D eigenvalue weighted by Gasteiger charge is 2.20. The Hall–Kier alpha value is -2.75. The Labute approximate surface area is 154 Å². The van der Waals surface area contributed by atoms with Crippen molar-refractivity contribution in [3.05, 3.63) is 36.4 Å². The number of sulfonamides is 1. The van der Waals surface area contributed by atoms with Gasteiger partial charge in [-0.25, -0.2) is 8.42 Å². The molecule has 27 heavy (non-hydrogen) atoms. The number of anilines is 1. The maximum absolute atomic E-state index is 12.6. The Morgan fingerprint density at radius 3 is 2.48 bits per heavy atom. The molecule has 0 saturated heterocycles. The molecule has 2 aromatic carbocycles. The fourth-order valence-corrected chi connectivity index (χ4v) is 3.52. The van der Waals surface area contributed by atoms with Crippen molar-refractivity contribution in [1.82, 2.24) is 0 Å². The topological polar surface area (TPSA) is 83.1 Å². The Balaban J connectivity index is 1.87. The second kappa shape index (κ2) is 7.87. The Kier molecular flexibility index (Phi) is 5.54. The highest BCUT2D eigenvalue weighted by Crippen LogP contribution is 2.34. The lowest BCUT2D eigenvalue weighted by atomic mass is 10.3. The first-order valence-electron chi connectivity index (χ1n) is 7.94. The molecule has 0 bridgehead atoms. The smallest absolute Gasteiger partial charge is 0.387 e. The number of nitrogens with one attached hydrogen (secondary N) is 1. The maximum atomic E-state index is 12.6. The zero-order valence-corrected chi connectivity index (χ0v) is 15.1. The van der Waals surface area contributed by atoms with Crippen LogP contribution in [0.5, 0.6) is 23.0 Å². The van der Waals surface area contributed by atoms with E-state index >= 15 is 0 Å². The Bertz CT molecular complexity index is 920. The number of benzene rings is 2. The molecule has 0 aliphatic carbocycles. The van der Waals surface area contributed by atoms with Crippen molar-refractivity contribution in [1.29, 1.82) is 0 Å². The van der Waals surface area contributed by atoms with E-state index in [1.807, 2.05) is 0 Å². The van der Waals surface area contributed by atoms with Crippen LogP contribution in [0.25, 0.3) is 0 Å². The van der Waals surface area contributed by atoms with Crippen LogP contribution in [0.2, 0.25) is 0 Å². The van der Waals surface area contributed by atoms with Crippen LogP contribution < -0.4 is 23.7 Å². The average molecular weight is 401 g/mol. The molecule has 0 atom stereocenters. The number of fused-ring (bicyclic) bond motifs is 1. The summed E-state index contributed by atoms with van der Waals surface area (Å²) in [6.45, 7) is -2.18. The van der Waals surface area contributed by atoms with Gasteiger partial charge in [-0.2, -0.15) is 8.78 Å². The van der Waals surface area contributed by atoms with Gasteiger partial charge in [0.2, 0.25) is 0 Å². The molecule has 3 rings (SSSR count). The van der Waals surface area contributed by atoms with Crippen LogP contribution in [-0.2, 0) is 10.0 Å². The molecular formula is C17H17F2NO6S. The second-order valence-corrected chi connectivity index (χ2v) is 7.19. The van der Waals surface area contributed by atoms with E-state index in [1.54, 1.807) is 0 Å². The van der Waals surface area contributed by atoms with Gasteiger partial charge in [0.25, 0.3) is 10.0 Å². The van der Waals surface area contributed by atoms with Gasteiger partial charge in [0.15, 0.2) is 23.0 Å². The van der Waals surface area contributed by atoms with Crippen molar-refractivity contribution in [2.45, 2.75) is 17.9 Å². The third-order valence-corrected chi connectivity index (χ3v) is 5.04. The third-order valence-electron chi connectivity index (χ3n) is 3.66. The fraction of sp³-hybridized carbons (Fsp3) is 0.294. The molecule has 2 aromatic rings. The molecule has 0 amide bonds. The molecule has 1 N–H and O–H groups in total. The van der Waals surface area contributed by atoms with Gasteiger partial charge in [-0.05, 0) is 24.3 Å². The predicted molar refractivity (Wildman–Crippen MR) is 92.5 cm³/mol. The number of hydrogen-bond donors (Lipinski definition) is 1. The summed E-state index contributed by atoms with van der Waals surface area (Å²) in [4.78, 5) is -0.0566. The average Bonchev–Trinajstić information content (AvgIpc) is 2.86. The zero-order chi connectivity index (χ0) is 19.4. The standard InChI is InChI=1S/C17H17F2NO6S/c1-23-13-5-3-11(9-16(13)26-17(18)19)20-27(21,22)12-4-6-14-15(10-12)25-8-2-7-24-14/h3-6,9-10,17,20H,2,7-8H2,1H3. The van der Waals surface area contributed by atoms with E-state index in [1.165, 1.54) is 37.4 Å². The molecule has 7 nitrogen and oxygen atoms in total. The van der Waals surface area contributed by atoms with Gasteiger partial charge in [0.05, 0.1) is 30.9 Å². The molecule has 0 radical (unpaired) electrons. The van der Waals surface area contributed by atoms with Gasteiger partial charge in [-0.1, -0.05) is 0 Å². The van der Waals surface area contributed by atoms with Crippen molar-refractivity contribution < 1.29 is 36.1 Å². The summed E-state index contributed by atoms with van der Waals surface area (Å²) in [5.74, 6) is 0.551. The quantitative estimate of drug-likeness (QED) is 0.800. The molecule has 1 heterocycles. The Morgan fingerprint density at radius 2 is 1.78 bits per heavy atom. The van der Waals surface area contributed by atoms with E-state index in [4.69, 9.17) is 14.2 Å². The van der Waals surface area contributed by atoms with Gasteiger partial charge in [0.1, 0.15) is 0 Å². The van der Waals surface area contributed by atoms with Gasteiger partial charge in [-0.15, -0.1) is 0 Å². The number of methoxy groups -OCH3 is 1. The largest absolute Gasteiger partial charge is 0.493 e. The molecule has 0 fully saturated rings. The van der Waals surface area contributed by atoms with Gasteiger partial charge in [-0.3, -0.25) is 4.72 Å². The molecule has 10 heteroatoms. The van der Waals surface area contributed by atoms with Crippen molar-refractivity contribution in [2.75, 3.05) is 25.0 Å². The molecule has 146 valence electrons. The minimum atomic E-state index is -3.99. The van der Waals surface area contributed by atoms with E-state index in [0.717, 1.165) is 6.07 Å². The fourth-order valence-electron chi connectivity index (χ4n) is 2.45. The molecule has 0 saturated carbocycles. The molecule has 0 spiro atoms. The van der Waals surface area contributed by atoms with Crippen LogP contribution in [0.15, 0.2) is 41.3 Å². The predicted octanol–water partition coefficient (Wildman–Crippen LogP) is 3.26. The highest BCUT2D eigenvalue weighted by atomic mass is 32.2. The van der Waals surface area contributed by atoms with Gasteiger partial charge >= 0.3 is 6.61 Å². The van der Waals surface area contributed by atoms with E-state index in [2.05, 4.69) is 9.46 Å². The SMILES string of the molecule is COc1ccc(NS(=O)(=O)c2ccc3c(c2)OCCCO3)cc1OC(F)F. The number of rotatable bonds is 6. The summed E-state index contributed by atoms with van der Waals surface area (Å²) in [5.41, 5.74) is 0.0403. The minimum absolute atomic E-state index is 0.0403. The number of hydrogen-bond acceptors (Lipinski definition) is 6. The first kappa shape index (κ1) is 19.0. The third kappa shape index (κ3) is 4.51. The summed E-state index contributed by atoms with van der Waals surface area (Å²) in [5, 5.41) is 0. The van der Waals surface area contributed by atoms with Crippen molar-refractivity contribution in [3.8, 4) is 23.0 Å². The monoisotopic (exact) mass is 401 g/mol. The van der Waals surface area contributed by atoms with Crippen LogP contribution in [0.3, 0.4) is 0 Å². The molecule has 0 unspecified atom stereocenters. The summed E-state index contributed by atoms with van der Waals surface area (Å²) >= 11 is 0. The van der Waals surface area contributed by atoms with E-state index in [-0.39, 0.29) is 22.1 Å². The summed E-state index contributed by atoms with van der Waals surface area (Å²) in [7, 11) is -2.71. The lowest BCUT2D eigenvalue weighted by Gasteiger charge is -2.14.